The number of nitrogens with one attached hydrogen (secondary N) is 2. The molecule has 7 nitrogen and oxygen atoms in total. The van der Waals surface area contributed by atoms with Crippen LogP contribution in [0.25, 0.3) is 11.0 Å². The van der Waals surface area contributed by atoms with E-state index >= 15 is 0 Å². The van der Waals surface area contributed by atoms with Gasteiger partial charge in [-0.1, -0.05) is 6.07 Å². The Morgan fingerprint density at radius 2 is 2.18 bits per heavy atom. The van der Waals surface area contributed by atoms with Gasteiger partial charge in [0.25, 0.3) is 0 Å². The van der Waals surface area contributed by atoms with E-state index in [2.05, 4.69) is 25.7 Å². The minimum absolute atomic E-state index is 0.0155. The summed E-state index contributed by atoms with van der Waals surface area (Å²) in [6, 6.07) is 6.05. The zero-order chi connectivity index (χ0) is 15.5. The van der Waals surface area contributed by atoms with Crippen LogP contribution in [0.4, 0.5) is 21.8 Å². The number of aromatic nitrogens is 4. The van der Waals surface area contributed by atoms with E-state index in [9.17, 15) is 4.39 Å². The van der Waals surface area contributed by atoms with Gasteiger partial charge in [-0.3, -0.25) is 4.68 Å². The van der Waals surface area contributed by atoms with Crippen LogP contribution < -0.4 is 10.6 Å². The number of rotatable bonds is 5. The van der Waals surface area contributed by atoms with Crippen molar-refractivity contribution in [3.8, 4) is 0 Å². The topological polar surface area (TPSA) is 87.9 Å². The van der Waals surface area contributed by atoms with Gasteiger partial charge in [0.05, 0.1) is 18.2 Å². The van der Waals surface area contributed by atoms with Crippen molar-refractivity contribution in [1.29, 1.82) is 0 Å². The van der Waals surface area contributed by atoms with Gasteiger partial charge in [-0.2, -0.15) is 15.1 Å². The van der Waals surface area contributed by atoms with Crippen LogP contribution in [0.15, 0.2) is 30.5 Å². The maximum atomic E-state index is 13.2. The monoisotopic (exact) mass is 302 g/mol. The minimum atomic E-state index is -0.342. The lowest BCUT2D eigenvalue weighted by atomic mass is 10.3. The summed E-state index contributed by atoms with van der Waals surface area (Å²) in [4.78, 5) is 8.74. The summed E-state index contributed by atoms with van der Waals surface area (Å²) in [5.74, 6) is 0.540. The fourth-order valence-electron chi connectivity index (χ4n) is 2.08. The first-order valence-corrected chi connectivity index (χ1v) is 6.74. The Bertz CT molecular complexity index is 803. The highest BCUT2D eigenvalue weighted by Crippen LogP contribution is 2.23. The summed E-state index contributed by atoms with van der Waals surface area (Å²) in [6.45, 7) is 0.346. The third-order valence-corrected chi connectivity index (χ3v) is 3.08. The highest BCUT2D eigenvalue weighted by Gasteiger charge is 2.11. The number of benzene rings is 1. The molecule has 114 valence electrons. The van der Waals surface area contributed by atoms with E-state index in [1.165, 1.54) is 12.1 Å². The second-order valence-electron chi connectivity index (χ2n) is 4.69. The number of hydrogen-bond donors (Lipinski definition) is 3. The zero-order valence-electron chi connectivity index (χ0n) is 11.9. The number of aliphatic hydroxyl groups excluding tert-OH is 1. The van der Waals surface area contributed by atoms with Crippen LogP contribution in [0, 0.1) is 5.82 Å². The Balaban J connectivity index is 2.00. The van der Waals surface area contributed by atoms with Crippen LogP contribution in [-0.2, 0) is 7.05 Å². The summed E-state index contributed by atoms with van der Waals surface area (Å²) in [5, 5.41) is 19.8. The predicted octanol–water partition coefficient (Wildman–Crippen LogP) is 1.65. The molecule has 0 aliphatic carbocycles. The number of halogens is 1. The van der Waals surface area contributed by atoms with Crippen molar-refractivity contribution in [3.05, 3.63) is 36.3 Å². The van der Waals surface area contributed by atoms with E-state index < -0.39 is 0 Å². The largest absolute Gasteiger partial charge is 0.395 e. The fraction of sp³-hybridized carbons (Fsp3) is 0.214. The van der Waals surface area contributed by atoms with Crippen LogP contribution in [0.5, 0.6) is 0 Å². The molecule has 1 aromatic carbocycles. The van der Waals surface area contributed by atoms with Crippen LogP contribution >= 0.6 is 0 Å². The molecule has 0 radical (unpaired) electrons. The molecule has 0 amide bonds. The van der Waals surface area contributed by atoms with E-state index in [1.54, 1.807) is 30.1 Å². The first kappa shape index (κ1) is 14.2. The van der Waals surface area contributed by atoms with Crippen molar-refractivity contribution in [2.75, 3.05) is 23.8 Å². The maximum Gasteiger partial charge on any atom is 0.231 e. The third-order valence-electron chi connectivity index (χ3n) is 3.08. The van der Waals surface area contributed by atoms with Crippen molar-refractivity contribution in [2.45, 2.75) is 0 Å². The van der Waals surface area contributed by atoms with E-state index in [0.717, 1.165) is 5.39 Å². The molecule has 0 fully saturated rings. The molecule has 0 spiro atoms. The molecule has 0 aliphatic heterocycles. The summed E-state index contributed by atoms with van der Waals surface area (Å²) < 4.78 is 14.9. The Labute approximate surface area is 125 Å². The van der Waals surface area contributed by atoms with Crippen molar-refractivity contribution in [3.63, 3.8) is 0 Å². The molecule has 0 saturated heterocycles. The Morgan fingerprint density at radius 3 is 2.95 bits per heavy atom. The standard InChI is InChI=1S/C14H15FN6O/c1-21-13-11(8-17-21)12(16-5-6-22)19-14(20-13)18-10-4-2-3-9(15)7-10/h2-4,7-8,22H,5-6H2,1H3,(H2,16,18,19,20). The highest BCUT2D eigenvalue weighted by atomic mass is 19.1. The third kappa shape index (κ3) is 2.82. The Kier molecular flexibility index (Phi) is 3.84. The van der Waals surface area contributed by atoms with Gasteiger partial charge in [0.2, 0.25) is 5.95 Å². The molecule has 0 atom stereocenters. The van der Waals surface area contributed by atoms with Crippen LogP contribution in [-0.4, -0.2) is 38.0 Å². The van der Waals surface area contributed by atoms with Gasteiger partial charge >= 0.3 is 0 Å². The van der Waals surface area contributed by atoms with Gasteiger partial charge in [-0.05, 0) is 18.2 Å². The van der Waals surface area contributed by atoms with E-state index in [1.807, 2.05) is 0 Å². The average Bonchev–Trinajstić information content (AvgIpc) is 2.87. The quantitative estimate of drug-likeness (QED) is 0.664. The number of fused-ring (bicyclic) bond motifs is 1. The van der Waals surface area contributed by atoms with Gasteiger partial charge in [0.1, 0.15) is 11.6 Å². The van der Waals surface area contributed by atoms with E-state index in [0.29, 0.717) is 29.6 Å². The molecule has 0 aliphatic rings. The number of aryl methyl sites for hydroxylation is 1. The molecule has 2 aromatic heterocycles. The van der Waals surface area contributed by atoms with Crippen LogP contribution in [0.2, 0.25) is 0 Å². The molecule has 8 heteroatoms. The van der Waals surface area contributed by atoms with Crippen molar-refractivity contribution in [1.82, 2.24) is 19.7 Å². The molecule has 22 heavy (non-hydrogen) atoms. The fourth-order valence-corrected chi connectivity index (χ4v) is 2.08. The number of hydrogen-bond acceptors (Lipinski definition) is 6. The number of anilines is 3. The summed E-state index contributed by atoms with van der Waals surface area (Å²) >= 11 is 0. The molecular formula is C14H15FN6O. The lowest BCUT2D eigenvalue weighted by Crippen LogP contribution is -2.09. The Morgan fingerprint density at radius 1 is 1.32 bits per heavy atom. The lowest BCUT2D eigenvalue weighted by molar-refractivity contribution is 0.311. The summed E-state index contributed by atoms with van der Waals surface area (Å²) in [7, 11) is 1.77. The summed E-state index contributed by atoms with van der Waals surface area (Å²) in [5.41, 5.74) is 1.18. The average molecular weight is 302 g/mol. The van der Waals surface area contributed by atoms with Crippen molar-refractivity contribution >= 4 is 28.5 Å². The highest BCUT2D eigenvalue weighted by molar-refractivity contribution is 5.87. The molecule has 3 N–H and O–H groups in total. The lowest BCUT2D eigenvalue weighted by Gasteiger charge is -2.09. The smallest absolute Gasteiger partial charge is 0.231 e. The van der Waals surface area contributed by atoms with E-state index in [4.69, 9.17) is 5.11 Å². The SMILES string of the molecule is Cn1ncc2c(NCCO)nc(Nc3cccc(F)c3)nc21. The Hall–Kier alpha value is -2.74. The van der Waals surface area contributed by atoms with Gasteiger partial charge in [0.15, 0.2) is 5.65 Å². The number of aliphatic hydroxyl groups is 1. The van der Waals surface area contributed by atoms with Crippen molar-refractivity contribution < 1.29 is 9.50 Å². The normalized spacial score (nSPS) is 10.9. The molecular weight excluding hydrogens is 287 g/mol. The van der Waals surface area contributed by atoms with Crippen LogP contribution in [0.1, 0.15) is 0 Å². The van der Waals surface area contributed by atoms with Crippen LogP contribution in [0.3, 0.4) is 0 Å². The predicted molar refractivity (Wildman–Crippen MR) is 81.6 cm³/mol. The van der Waals surface area contributed by atoms with Gasteiger partial charge in [-0.15, -0.1) is 0 Å². The van der Waals surface area contributed by atoms with Crippen molar-refractivity contribution in [2.24, 2.45) is 7.05 Å². The second kappa shape index (κ2) is 5.94. The minimum Gasteiger partial charge on any atom is -0.395 e. The number of nitrogens with zero attached hydrogens (tertiary/aromatic N) is 4. The van der Waals surface area contributed by atoms with Gasteiger partial charge in [-0.25, -0.2) is 4.39 Å². The molecule has 3 rings (SSSR count). The van der Waals surface area contributed by atoms with Gasteiger partial charge < -0.3 is 15.7 Å². The summed E-state index contributed by atoms with van der Waals surface area (Å²) in [6.07, 6.45) is 1.65. The molecule has 0 bridgehead atoms. The van der Waals surface area contributed by atoms with Gasteiger partial charge in [0, 0.05) is 19.3 Å². The second-order valence-corrected chi connectivity index (χ2v) is 4.69. The molecule has 0 saturated carbocycles. The molecule has 2 heterocycles. The zero-order valence-corrected chi connectivity index (χ0v) is 11.9. The molecule has 3 aromatic rings. The maximum absolute atomic E-state index is 13.2. The first-order valence-electron chi connectivity index (χ1n) is 6.74. The first-order chi connectivity index (χ1) is 10.7. The van der Waals surface area contributed by atoms with E-state index in [-0.39, 0.29) is 12.4 Å². The molecule has 0 unspecified atom stereocenters.